The van der Waals surface area contributed by atoms with Gasteiger partial charge in [0, 0.05) is 12.5 Å². The van der Waals surface area contributed by atoms with Crippen molar-refractivity contribution < 1.29 is 9.94 Å². The molecule has 0 aliphatic heterocycles. The molecule has 3 N–H and O–H groups in total. The number of nitrogens with zero attached hydrogens (tertiary/aromatic N) is 1. The van der Waals surface area contributed by atoms with E-state index in [1.54, 1.807) is 0 Å². The van der Waals surface area contributed by atoms with Crippen LogP contribution in [0.25, 0.3) is 0 Å². The van der Waals surface area contributed by atoms with Crippen molar-refractivity contribution in [2.75, 3.05) is 13.2 Å². The molecule has 0 aliphatic carbocycles. The molecule has 0 aromatic rings. The second kappa shape index (κ2) is 9.46. The monoisotopic (exact) mass is 230 g/mol. The van der Waals surface area contributed by atoms with Gasteiger partial charge in [0.2, 0.25) is 0 Å². The number of ether oxygens (including phenoxy) is 1. The molecule has 0 heterocycles. The highest BCUT2D eigenvalue weighted by molar-refractivity contribution is 5.81. The number of amidine groups is 1. The lowest BCUT2D eigenvalue weighted by Gasteiger charge is -2.16. The molecule has 0 rings (SSSR count). The van der Waals surface area contributed by atoms with Gasteiger partial charge in [0.15, 0.2) is 0 Å². The van der Waals surface area contributed by atoms with E-state index in [0.717, 1.165) is 13.0 Å². The van der Waals surface area contributed by atoms with Crippen molar-refractivity contribution >= 4 is 5.84 Å². The third kappa shape index (κ3) is 6.67. The molecule has 96 valence electrons. The van der Waals surface area contributed by atoms with Crippen molar-refractivity contribution in [2.24, 2.45) is 22.7 Å². The van der Waals surface area contributed by atoms with Gasteiger partial charge in [-0.15, -0.1) is 0 Å². The molecule has 0 spiro atoms. The predicted molar refractivity (Wildman–Crippen MR) is 66.7 cm³/mol. The molecule has 0 saturated carbocycles. The van der Waals surface area contributed by atoms with Crippen LogP contribution in [0.4, 0.5) is 0 Å². The average Bonchev–Trinajstić information content (AvgIpc) is 2.32. The van der Waals surface area contributed by atoms with E-state index in [-0.39, 0.29) is 11.8 Å². The van der Waals surface area contributed by atoms with Crippen LogP contribution in [0.15, 0.2) is 5.16 Å². The van der Waals surface area contributed by atoms with Crippen molar-refractivity contribution in [1.29, 1.82) is 0 Å². The zero-order valence-corrected chi connectivity index (χ0v) is 10.8. The van der Waals surface area contributed by atoms with Crippen LogP contribution in [0, 0.1) is 11.8 Å². The SMILES string of the molecule is CCCCC(CC)COCC(C)/C(N)=N/O. The van der Waals surface area contributed by atoms with E-state index in [1.165, 1.54) is 19.3 Å². The fourth-order valence-electron chi connectivity index (χ4n) is 1.49. The van der Waals surface area contributed by atoms with Crippen molar-refractivity contribution in [3.63, 3.8) is 0 Å². The van der Waals surface area contributed by atoms with Crippen molar-refractivity contribution in [3.8, 4) is 0 Å². The number of unbranched alkanes of at least 4 members (excludes halogenated alkanes) is 1. The van der Waals surface area contributed by atoms with Gasteiger partial charge < -0.3 is 15.7 Å². The standard InChI is InChI=1S/C12H26N2O2/c1-4-6-7-11(5-2)9-16-8-10(3)12(13)14-15/h10-11,15H,4-9H2,1-3H3,(H2,13,14). The number of rotatable bonds is 9. The first-order valence-corrected chi connectivity index (χ1v) is 6.20. The van der Waals surface area contributed by atoms with Crippen LogP contribution < -0.4 is 5.73 Å². The Bertz CT molecular complexity index is 195. The van der Waals surface area contributed by atoms with Crippen molar-refractivity contribution in [3.05, 3.63) is 0 Å². The highest BCUT2D eigenvalue weighted by Gasteiger charge is 2.10. The van der Waals surface area contributed by atoms with Crippen LogP contribution in [-0.4, -0.2) is 24.3 Å². The molecule has 4 heteroatoms. The summed E-state index contributed by atoms with van der Waals surface area (Å²) in [6.07, 6.45) is 4.87. The van der Waals surface area contributed by atoms with Gasteiger partial charge in [-0.1, -0.05) is 45.2 Å². The smallest absolute Gasteiger partial charge is 0.144 e. The van der Waals surface area contributed by atoms with E-state index < -0.39 is 0 Å². The molecule has 2 unspecified atom stereocenters. The van der Waals surface area contributed by atoms with Crippen LogP contribution in [-0.2, 0) is 4.74 Å². The second-order valence-corrected chi connectivity index (χ2v) is 4.38. The zero-order chi connectivity index (χ0) is 12.4. The summed E-state index contributed by atoms with van der Waals surface area (Å²) in [4.78, 5) is 0. The lowest BCUT2D eigenvalue weighted by Crippen LogP contribution is -2.26. The van der Waals surface area contributed by atoms with Gasteiger partial charge in [-0.05, 0) is 12.3 Å². The summed E-state index contributed by atoms with van der Waals surface area (Å²) in [6.45, 7) is 7.59. The molecule has 0 amide bonds. The van der Waals surface area contributed by atoms with Crippen molar-refractivity contribution in [2.45, 2.75) is 46.5 Å². The summed E-state index contributed by atoms with van der Waals surface area (Å²) >= 11 is 0. The summed E-state index contributed by atoms with van der Waals surface area (Å²) in [5, 5.41) is 11.5. The molecular formula is C12H26N2O2. The summed E-state index contributed by atoms with van der Waals surface area (Å²) < 4.78 is 5.60. The van der Waals surface area contributed by atoms with E-state index in [0.29, 0.717) is 12.5 Å². The van der Waals surface area contributed by atoms with E-state index in [1.807, 2.05) is 6.92 Å². The Morgan fingerprint density at radius 3 is 2.56 bits per heavy atom. The van der Waals surface area contributed by atoms with Gasteiger partial charge in [-0.2, -0.15) is 0 Å². The fourth-order valence-corrected chi connectivity index (χ4v) is 1.49. The molecule has 0 fully saturated rings. The van der Waals surface area contributed by atoms with Crippen LogP contribution in [0.5, 0.6) is 0 Å². The van der Waals surface area contributed by atoms with Gasteiger partial charge in [-0.25, -0.2) is 0 Å². The van der Waals surface area contributed by atoms with Crippen LogP contribution in [0.2, 0.25) is 0 Å². The van der Waals surface area contributed by atoms with E-state index in [4.69, 9.17) is 15.7 Å². The third-order valence-corrected chi connectivity index (χ3v) is 2.89. The van der Waals surface area contributed by atoms with E-state index in [9.17, 15) is 0 Å². The maximum Gasteiger partial charge on any atom is 0.144 e. The second-order valence-electron chi connectivity index (χ2n) is 4.38. The maximum absolute atomic E-state index is 8.48. The number of nitrogens with two attached hydrogens (primary N) is 1. The number of hydrogen-bond acceptors (Lipinski definition) is 3. The lowest BCUT2D eigenvalue weighted by atomic mass is 10.0. The largest absolute Gasteiger partial charge is 0.409 e. The Labute approximate surface area is 98.9 Å². The summed E-state index contributed by atoms with van der Waals surface area (Å²) in [5.74, 6) is 0.856. The molecule has 16 heavy (non-hydrogen) atoms. The van der Waals surface area contributed by atoms with Gasteiger partial charge in [-0.3, -0.25) is 0 Å². The minimum Gasteiger partial charge on any atom is -0.409 e. The van der Waals surface area contributed by atoms with E-state index >= 15 is 0 Å². The quantitative estimate of drug-likeness (QED) is 0.277. The molecule has 2 atom stereocenters. The minimum atomic E-state index is -0.0197. The molecular weight excluding hydrogens is 204 g/mol. The first-order valence-electron chi connectivity index (χ1n) is 6.20. The fraction of sp³-hybridized carbons (Fsp3) is 0.917. The Balaban J connectivity index is 3.69. The van der Waals surface area contributed by atoms with Gasteiger partial charge in [0.05, 0.1) is 6.61 Å². The summed E-state index contributed by atoms with van der Waals surface area (Å²) in [5.41, 5.74) is 5.47. The van der Waals surface area contributed by atoms with Gasteiger partial charge >= 0.3 is 0 Å². The van der Waals surface area contributed by atoms with Gasteiger partial charge in [0.1, 0.15) is 5.84 Å². The molecule has 4 nitrogen and oxygen atoms in total. The Morgan fingerprint density at radius 2 is 2.06 bits per heavy atom. The first kappa shape index (κ1) is 15.2. The third-order valence-electron chi connectivity index (χ3n) is 2.89. The van der Waals surface area contributed by atoms with E-state index in [2.05, 4.69) is 19.0 Å². The van der Waals surface area contributed by atoms with Crippen LogP contribution >= 0.6 is 0 Å². The Morgan fingerprint density at radius 1 is 1.38 bits per heavy atom. The number of oxime groups is 1. The number of hydrogen-bond donors (Lipinski definition) is 2. The summed E-state index contributed by atoms with van der Waals surface area (Å²) in [7, 11) is 0. The Hall–Kier alpha value is -0.770. The molecule has 0 bridgehead atoms. The maximum atomic E-state index is 8.48. The predicted octanol–water partition coefficient (Wildman–Crippen LogP) is 2.60. The topological polar surface area (TPSA) is 67.8 Å². The summed E-state index contributed by atoms with van der Waals surface area (Å²) in [6, 6.07) is 0. The first-order chi connectivity index (χ1) is 7.65. The highest BCUT2D eigenvalue weighted by atomic mass is 16.5. The average molecular weight is 230 g/mol. The highest BCUT2D eigenvalue weighted by Crippen LogP contribution is 2.13. The Kier molecular flexibility index (Phi) is 9.00. The molecule has 0 saturated heterocycles. The van der Waals surface area contributed by atoms with Crippen LogP contribution in [0.3, 0.4) is 0 Å². The molecule has 0 radical (unpaired) electrons. The lowest BCUT2D eigenvalue weighted by molar-refractivity contribution is 0.0829. The van der Waals surface area contributed by atoms with Crippen molar-refractivity contribution in [1.82, 2.24) is 0 Å². The zero-order valence-electron chi connectivity index (χ0n) is 10.8. The van der Waals surface area contributed by atoms with Crippen LogP contribution in [0.1, 0.15) is 46.5 Å². The molecule has 0 aliphatic rings. The molecule has 0 aromatic carbocycles. The normalized spacial score (nSPS) is 16.1. The minimum absolute atomic E-state index is 0.0197. The molecule has 0 aromatic heterocycles. The van der Waals surface area contributed by atoms with Gasteiger partial charge in [0.25, 0.3) is 0 Å².